The van der Waals surface area contributed by atoms with Gasteiger partial charge in [-0.25, -0.2) is 9.18 Å². The number of likely N-dealkylation sites (tertiary alicyclic amines) is 1. The fourth-order valence-electron chi connectivity index (χ4n) is 3.37. The highest BCUT2D eigenvalue weighted by Crippen LogP contribution is 2.45. The Kier molecular flexibility index (Phi) is 5.28. The Hall–Kier alpha value is -3.07. The molecule has 0 aliphatic carbocycles. The van der Waals surface area contributed by atoms with Crippen LogP contribution in [0, 0.1) is 23.1 Å². The lowest BCUT2D eigenvalue weighted by Crippen LogP contribution is -2.70. The fraction of sp³-hybridized carbons (Fsp3) is 0.364. The second-order valence-electron chi connectivity index (χ2n) is 7.92. The van der Waals surface area contributed by atoms with E-state index in [-0.39, 0.29) is 17.8 Å². The number of halogens is 1. The highest BCUT2D eigenvalue weighted by atomic mass is 19.1. The predicted octanol–water partition coefficient (Wildman–Crippen LogP) is 4.17. The zero-order chi connectivity index (χ0) is 20.4. The first-order valence-corrected chi connectivity index (χ1v) is 9.07. The van der Waals surface area contributed by atoms with Crippen LogP contribution in [0.5, 0.6) is 5.75 Å². The maximum Gasteiger partial charge on any atom is 0.407 e. The van der Waals surface area contributed by atoms with Crippen molar-refractivity contribution in [1.29, 1.82) is 0 Å². The van der Waals surface area contributed by atoms with Crippen LogP contribution in [0.15, 0.2) is 42.7 Å². The molecule has 2 aromatic rings. The number of benzene rings is 1. The zero-order valence-corrected chi connectivity index (χ0v) is 16.2. The third-order valence-corrected chi connectivity index (χ3v) is 5.28. The molecule has 1 amide bonds. The van der Waals surface area contributed by atoms with Gasteiger partial charge in [-0.2, -0.15) is 0 Å². The van der Waals surface area contributed by atoms with Crippen molar-refractivity contribution in [2.45, 2.75) is 32.7 Å². The molecule has 0 saturated carbocycles. The van der Waals surface area contributed by atoms with Crippen LogP contribution in [0.1, 0.15) is 38.3 Å². The summed E-state index contributed by atoms with van der Waals surface area (Å²) in [5.41, 5.74) is 0.521. The van der Waals surface area contributed by atoms with Gasteiger partial charge in [-0.3, -0.25) is 9.88 Å². The molecule has 1 aliphatic heterocycles. The van der Waals surface area contributed by atoms with Gasteiger partial charge < -0.3 is 9.84 Å². The molecule has 1 aromatic carbocycles. The van der Waals surface area contributed by atoms with Crippen molar-refractivity contribution in [1.82, 2.24) is 9.88 Å². The van der Waals surface area contributed by atoms with E-state index in [0.29, 0.717) is 23.4 Å². The van der Waals surface area contributed by atoms with Crippen molar-refractivity contribution in [2.75, 3.05) is 13.2 Å². The number of rotatable bonds is 3. The second kappa shape index (κ2) is 7.51. The smallest absolute Gasteiger partial charge is 0.407 e. The maximum absolute atomic E-state index is 13.0. The first-order valence-electron chi connectivity index (χ1n) is 9.07. The molecule has 3 rings (SSSR count). The molecule has 0 bridgehead atoms. The van der Waals surface area contributed by atoms with E-state index in [4.69, 9.17) is 4.74 Å². The Morgan fingerprint density at radius 3 is 2.50 bits per heavy atom. The van der Waals surface area contributed by atoms with Crippen LogP contribution in [0.2, 0.25) is 0 Å². The van der Waals surface area contributed by atoms with E-state index >= 15 is 0 Å². The van der Waals surface area contributed by atoms with E-state index < -0.39 is 11.6 Å². The van der Waals surface area contributed by atoms with E-state index in [2.05, 4.69) is 16.8 Å². The fourth-order valence-corrected chi connectivity index (χ4v) is 3.37. The topological polar surface area (TPSA) is 62.7 Å². The van der Waals surface area contributed by atoms with Crippen LogP contribution in [-0.4, -0.2) is 39.8 Å². The molecule has 0 spiro atoms. The summed E-state index contributed by atoms with van der Waals surface area (Å²) < 4.78 is 18.9. The third-order valence-electron chi connectivity index (χ3n) is 5.28. The lowest BCUT2D eigenvalue weighted by atomic mass is 9.66. The number of carboxylic acid groups (broad SMARTS) is 1. The summed E-state index contributed by atoms with van der Waals surface area (Å²) in [6, 6.07) is 7.71. The van der Waals surface area contributed by atoms with Gasteiger partial charge in [0.05, 0.1) is 11.7 Å². The van der Waals surface area contributed by atoms with E-state index in [0.717, 1.165) is 6.42 Å². The number of nitrogens with zero attached hydrogens (tertiary/aromatic N) is 2. The summed E-state index contributed by atoms with van der Waals surface area (Å²) in [6.45, 7) is 6.83. The minimum atomic E-state index is -0.929. The lowest BCUT2D eigenvalue weighted by molar-refractivity contribution is -0.0962. The molecule has 1 saturated heterocycles. The monoisotopic (exact) mass is 382 g/mol. The van der Waals surface area contributed by atoms with Gasteiger partial charge in [0.15, 0.2) is 0 Å². The van der Waals surface area contributed by atoms with Crippen LogP contribution in [0.25, 0.3) is 0 Å². The summed E-state index contributed by atoms with van der Waals surface area (Å²) in [5.74, 6) is 6.17. The van der Waals surface area contributed by atoms with Gasteiger partial charge in [0.1, 0.15) is 18.2 Å². The van der Waals surface area contributed by atoms with Crippen LogP contribution in [0.4, 0.5) is 9.18 Å². The number of hydrogen-bond acceptors (Lipinski definition) is 3. The van der Waals surface area contributed by atoms with Crippen LogP contribution in [-0.2, 0) is 0 Å². The van der Waals surface area contributed by atoms with Crippen molar-refractivity contribution < 1.29 is 19.0 Å². The molecule has 146 valence electrons. The molecule has 1 atom stereocenters. The van der Waals surface area contributed by atoms with Crippen LogP contribution in [0.3, 0.4) is 0 Å². The molecule has 2 heterocycles. The van der Waals surface area contributed by atoms with E-state index in [1.54, 1.807) is 30.6 Å². The number of pyridine rings is 1. The Labute approximate surface area is 164 Å². The van der Waals surface area contributed by atoms with Gasteiger partial charge in [0, 0.05) is 23.9 Å². The van der Waals surface area contributed by atoms with Crippen molar-refractivity contribution in [3.05, 3.63) is 59.7 Å². The molecule has 1 N–H and O–H groups in total. The number of carbonyl (C=O) groups is 1. The largest absolute Gasteiger partial charge is 0.489 e. The highest BCUT2D eigenvalue weighted by molar-refractivity contribution is 5.68. The summed E-state index contributed by atoms with van der Waals surface area (Å²) >= 11 is 0. The standard InChI is InChI=1S/C22H23FN2O3/c1-21(2,3)22(10-11-25(22)20(26)27)15-28-19-12-17(13-24-14-19)5-4-16-6-8-18(23)9-7-16/h6-9,12-14H,10-11,15H2,1-3H3,(H,26,27). The molecular weight excluding hydrogens is 359 g/mol. The molecule has 28 heavy (non-hydrogen) atoms. The second-order valence-corrected chi connectivity index (χ2v) is 7.92. The molecule has 1 fully saturated rings. The highest BCUT2D eigenvalue weighted by Gasteiger charge is 2.55. The molecule has 0 radical (unpaired) electrons. The summed E-state index contributed by atoms with van der Waals surface area (Å²) in [6.07, 6.45) is 3.03. The van der Waals surface area contributed by atoms with Gasteiger partial charge in [-0.15, -0.1) is 0 Å². The SMILES string of the molecule is CC(C)(C)C1(COc2cncc(C#Cc3ccc(F)cc3)c2)CCN1C(=O)O. The molecular formula is C22H23FN2O3. The van der Waals surface area contributed by atoms with E-state index in [1.807, 2.05) is 20.8 Å². The van der Waals surface area contributed by atoms with Gasteiger partial charge in [-0.05, 0) is 42.2 Å². The van der Waals surface area contributed by atoms with Gasteiger partial charge in [0.25, 0.3) is 0 Å². The Bertz CT molecular complexity index is 925. The van der Waals surface area contributed by atoms with Gasteiger partial charge in [-0.1, -0.05) is 32.6 Å². The van der Waals surface area contributed by atoms with Crippen molar-refractivity contribution in [3.8, 4) is 17.6 Å². The molecule has 6 heteroatoms. The zero-order valence-electron chi connectivity index (χ0n) is 16.2. The van der Waals surface area contributed by atoms with Crippen molar-refractivity contribution in [3.63, 3.8) is 0 Å². The van der Waals surface area contributed by atoms with Crippen LogP contribution < -0.4 is 4.74 Å². The molecule has 1 unspecified atom stereocenters. The van der Waals surface area contributed by atoms with E-state index in [9.17, 15) is 14.3 Å². The molecule has 1 aliphatic rings. The third kappa shape index (κ3) is 3.94. The quantitative estimate of drug-likeness (QED) is 0.810. The average Bonchev–Trinajstić information content (AvgIpc) is 2.59. The number of hydrogen-bond donors (Lipinski definition) is 1. The Balaban J connectivity index is 1.74. The van der Waals surface area contributed by atoms with E-state index in [1.165, 1.54) is 17.0 Å². The van der Waals surface area contributed by atoms with Crippen molar-refractivity contribution in [2.24, 2.45) is 5.41 Å². The number of amides is 1. The average molecular weight is 382 g/mol. The lowest BCUT2D eigenvalue weighted by Gasteiger charge is -2.57. The molecule has 5 nitrogen and oxygen atoms in total. The normalized spacial score (nSPS) is 18.6. The van der Waals surface area contributed by atoms with Gasteiger partial charge in [0.2, 0.25) is 0 Å². The minimum Gasteiger partial charge on any atom is -0.489 e. The first-order chi connectivity index (χ1) is 13.2. The van der Waals surface area contributed by atoms with Crippen LogP contribution >= 0.6 is 0 Å². The summed E-state index contributed by atoms with van der Waals surface area (Å²) in [5, 5.41) is 9.49. The minimum absolute atomic E-state index is 0.249. The Morgan fingerprint density at radius 2 is 1.93 bits per heavy atom. The summed E-state index contributed by atoms with van der Waals surface area (Å²) in [7, 11) is 0. The number of aromatic nitrogens is 1. The first kappa shape index (κ1) is 19.7. The summed E-state index contributed by atoms with van der Waals surface area (Å²) in [4.78, 5) is 17.2. The predicted molar refractivity (Wildman–Crippen MR) is 104 cm³/mol. The maximum atomic E-state index is 13.0. The number of ether oxygens (including phenoxy) is 1. The Morgan fingerprint density at radius 1 is 1.25 bits per heavy atom. The van der Waals surface area contributed by atoms with Crippen molar-refractivity contribution >= 4 is 6.09 Å². The van der Waals surface area contributed by atoms with Gasteiger partial charge >= 0.3 is 6.09 Å². The molecule has 1 aromatic heterocycles.